The van der Waals surface area contributed by atoms with Crippen molar-refractivity contribution in [3.8, 4) is 0 Å². The third kappa shape index (κ3) is 0.731. The van der Waals surface area contributed by atoms with Gasteiger partial charge in [-0.2, -0.15) is 0 Å². The van der Waals surface area contributed by atoms with Gasteiger partial charge in [0.05, 0.1) is 26.2 Å². The molecular weight excluding hydrogens is 122 g/mol. The van der Waals surface area contributed by atoms with Gasteiger partial charge in [0.1, 0.15) is 0 Å². The molecule has 2 rings (SSSR count). The zero-order valence-corrected chi connectivity index (χ0v) is 7.14. The van der Waals surface area contributed by atoms with Crippen LogP contribution in [0.5, 0.6) is 0 Å². The van der Waals surface area contributed by atoms with Crippen molar-refractivity contribution in [3.63, 3.8) is 0 Å². The molecule has 0 aliphatic carbocycles. The molecule has 0 radical (unpaired) electrons. The van der Waals surface area contributed by atoms with Crippen LogP contribution in [-0.2, 0) is 0 Å². The van der Waals surface area contributed by atoms with E-state index in [1.807, 2.05) is 0 Å². The molecule has 2 heterocycles. The van der Waals surface area contributed by atoms with E-state index in [0.29, 0.717) is 0 Å². The standard InChI is InChI=1S/C9H18N/c1-10(2)8-4-3-5-9(10)7-6-8/h8-9H,3-7H2,1-2H3/q+1. The van der Waals surface area contributed by atoms with Gasteiger partial charge in [-0.1, -0.05) is 0 Å². The first kappa shape index (κ1) is 6.66. The number of quaternary nitrogens is 1. The van der Waals surface area contributed by atoms with Gasteiger partial charge in [0.15, 0.2) is 0 Å². The summed E-state index contributed by atoms with van der Waals surface area (Å²) in [5, 5.41) is 0. The van der Waals surface area contributed by atoms with Crippen LogP contribution < -0.4 is 0 Å². The van der Waals surface area contributed by atoms with Gasteiger partial charge >= 0.3 is 0 Å². The van der Waals surface area contributed by atoms with Crippen molar-refractivity contribution in [2.45, 2.75) is 44.2 Å². The maximum absolute atomic E-state index is 2.42. The van der Waals surface area contributed by atoms with Gasteiger partial charge in [-0.15, -0.1) is 0 Å². The molecule has 0 aromatic rings. The van der Waals surface area contributed by atoms with Crippen LogP contribution in [0.1, 0.15) is 32.1 Å². The fourth-order valence-electron chi connectivity index (χ4n) is 2.89. The van der Waals surface area contributed by atoms with Gasteiger partial charge in [-0.05, 0) is 19.3 Å². The van der Waals surface area contributed by atoms with Crippen molar-refractivity contribution in [1.82, 2.24) is 0 Å². The van der Waals surface area contributed by atoms with Crippen LogP contribution in [0.2, 0.25) is 0 Å². The molecule has 2 saturated heterocycles. The number of rotatable bonds is 0. The Kier molecular flexibility index (Phi) is 1.31. The van der Waals surface area contributed by atoms with Crippen molar-refractivity contribution in [2.24, 2.45) is 0 Å². The average Bonchev–Trinajstić information content (AvgIpc) is 2.17. The minimum atomic E-state index is 1.01. The molecular formula is C9H18N+. The Hall–Kier alpha value is -0.0400. The van der Waals surface area contributed by atoms with E-state index in [1.54, 1.807) is 0 Å². The zero-order valence-electron chi connectivity index (χ0n) is 7.14. The second-order valence-electron chi connectivity index (χ2n) is 4.44. The molecule has 58 valence electrons. The first-order chi connectivity index (χ1) is 4.71. The Bertz CT molecular complexity index is 122. The summed E-state index contributed by atoms with van der Waals surface area (Å²) in [5.74, 6) is 0. The third-order valence-corrected chi connectivity index (χ3v) is 3.79. The molecule has 10 heavy (non-hydrogen) atoms. The molecule has 2 fully saturated rings. The van der Waals surface area contributed by atoms with E-state index in [2.05, 4.69) is 14.1 Å². The predicted molar refractivity (Wildman–Crippen MR) is 42.8 cm³/mol. The Morgan fingerprint density at radius 2 is 1.40 bits per heavy atom. The normalized spacial score (nSPS) is 43.8. The van der Waals surface area contributed by atoms with E-state index >= 15 is 0 Å². The summed E-state index contributed by atoms with van der Waals surface area (Å²) >= 11 is 0. The summed E-state index contributed by atoms with van der Waals surface area (Å²) < 4.78 is 1.33. The van der Waals surface area contributed by atoms with Gasteiger partial charge in [0, 0.05) is 12.8 Å². The molecule has 1 nitrogen and oxygen atoms in total. The van der Waals surface area contributed by atoms with Crippen molar-refractivity contribution < 1.29 is 4.48 Å². The highest BCUT2D eigenvalue weighted by molar-refractivity contribution is 4.79. The van der Waals surface area contributed by atoms with Crippen LogP contribution in [0.15, 0.2) is 0 Å². The molecule has 0 spiro atoms. The Balaban J connectivity index is 2.21. The molecule has 0 aromatic carbocycles. The fraction of sp³-hybridized carbons (Fsp3) is 1.00. The topological polar surface area (TPSA) is 0 Å². The van der Waals surface area contributed by atoms with E-state index in [9.17, 15) is 0 Å². The minimum Gasteiger partial charge on any atom is -0.324 e. The first-order valence-electron chi connectivity index (χ1n) is 4.54. The van der Waals surface area contributed by atoms with Crippen LogP contribution in [-0.4, -0.2) is 30.7 Å². The number of fused-ring (bicyclic) bond motifs is 2. The zero-order chi connectivity index (χ0) is 7.19. The number of nitrogens with zero attached hydrogens (tertiary/aromatic N) is 1. The van der Waals surface area contributed by atoms with Gasteiger partial charge in [-0.3, -0.25) is 0 Å². The predicted octanol–water partition coefficient (Wildman–Crippen LogP) is 1.78. The van der Waals surface area contributed by atoms with Crippen molar-refractivity contribution in [1.29, 1.82) is 0 Å². The number of hydrogen-bond donors (Lipinski definition) is 0. The second kappa shape index (κ2) is 1.97. The second-order valence-corrected chi connectivity index (χ2v) is 4.44. The fourth-order valence-corrected chi connectivity index (χ4v) is 2.89. The molecule has 2 unspecified atom stereocenters. The molecule has 0 N–H and O–H groups in total. The molecule has 2 atom stereocenters. The van der Waals surface area contributed by atoms with Gasteiger partial charge in [0.2, 0.25) is 0 Å². The smallest absolute Gasteiger partial charge is 0.0890 e. The Morgan fingerprint density at radius 1 is 0.900 bits per heavy atom. The molecule has 1 heteroatoms. The van der Waals surface area contributed by atoms with Crippen LogP contribution in [0.3, 0.4) is 0 Å². The highest BCUT2D eigenvalue weighted by Gasteiger charge is 2.45. The summed E-state index contributed by atoms with van der Waals surface area (Å²) in [7, 11) is 4.84. The third-order valence-electron chi connectivity index (χ3n) is 3.79. The summed E-state index contributed by atoms with van der Waals surface area (Å²) in [6, 6.07) is 2.03. The first-order valence-corrected chi connectivity index (χ1v) is 4.54. The molecule has 0 aromatic heterocycles. The molecule has 2 aliphatic heterocycles. The molecule has 2 bridgehead atoms. The van der Waals surface area contributed by atoms with E-state index in [1.165, 1.54) is 36.6 Å². The maximum atomic E-state index is 2.42. The highest BCUT2D eigenvalue weighted by atomic mass is 15.4. The van der Waals surface area contributed by atoms with Crippen molar-refractivity contribution in [2.75, 3.05) is 14.1 Å². The summed E-state index contributed by atoms with van der Waals surface area (Å²) in [4.78, 5) is 0. The Labute approximate surface area is 63.6 Å². The highest BCUT2D eigenvalue weighted by Crippen LogP contribution is 2.39. The van der Waals surface area contributed by atoms with Crippen molar-refractivity contribution in [3.05, 3.63) is 0 Å². The maximum Gasteiger partial charge on any atom is 0.0890 e. The Morgan fingerprint density at radius 3 is 1.80 bits per heavy atom. The van der Waals surface area contributed by atoms with E-state index in [-0.39, 0.29) is 0 Å². The number of hydrogen-bond acceptors (Lipinski definition) is 0. The lowest BCUT2D eigenvalue weighted by Gasteiger charge is -2.41. The molecule has 2 aliphatic rings. The van der Waals surface area contributed by atoms with Gasteiger partial charge in [-0.25, -0.2) is 0 Å². The van der Waals surface area contributed by atoms with Gasteiger partial charge < -0.3 is 4.48 Å². The van der Waals surface area contributed by atoms with Crippen LogP contribution >= 0.6 is 0 Å². The summed E-state index contributed by atoms with van der Waals surface area (Å²) in [6.45, 7) is 0. The SMILES string of the molecule is C[N+]1(C)C2CCCC1CC2. The average molecular weight is 140 g/mol. The van der Waals surface area contributed by atoms with E-state index in [4.69, 9.17) is 0 Å². The van der Waals surface area contributed by atoms with Crippen LogP contribution in [0, 0.1) is 0 Å². The summed E-state index contributed by atoms with van der Waals surface area (Å²) in [6.07, 6.45) is 7.47. The van der Waals surface area contributed by atoms with Gasteiger partial charge in [0.25, 0.3) is 0 Å². The van der Waals surface area contributed by atoms with Crippen LogP contribution in [0.25, 0.3) is 0 Å². The monoisotopic (exact) mass is 140 g/mol. The largest absolute Gasteiger partial charge is 0.324 e. The number of piperidine rings is 1. The molecule has 0 saturated carbocycles. The van der Waals surface area contributed by atoms with E-state index in [0.717, 1.165) is 12.1 Å². The quantitative estimate of drug-likeness (QED) is 0.450. The van der Waals surface area contributed by atoms with E-state index < -0.39 is 0 Å². The summed E-state index contributed by atoms with van der Waals surface area (Å²) in [5.41, 5.74) is 0. The lowest BCUT2D eigenvalue weighted by Crippen LogP contribution is -2.52. The lowest BCUT2D eigenvalue weighted by atomic mass is 10.0. The molecule has 0 amide bonds. The minimum absolute atomic E-state index is 1.01. The van der Waals surface area contributed by atoms with Crippen molar-refractivity contribution >= 4 is 0 Å². The lowest BCUT2D eigenvalue weighted by molar-refractivity contribution is -0.930. The van der Waals surface area contributed by atoms with Crippen LogP contribution in [0.4, 0.5) is 0 Å².